The number of carbonyl (C=O) groups excluding carboxylic acids is 2. The molecular formula is C19H22N6O6. The molecule has 4 rings (SSSR count). The van der Waals surface area contributed by atoms with Crippen LogP contribution in [0.4, 0.5) is 5.95 Å². The van der Waals surface area contributed by atoms with Gasteiger partial charge in [0.25, 0.3) is 0 Å². The van der Waals surface area contributed by atoms with Crippen LogP contribution in [0.25, 0.3) is 11.2 Å². The lowest BCUT2D eigenvalue weighted by Crippen LogP contribution is -2.34. The largest absolute Gasteiger partial charge is 0.469 e. The minimum absolute atomic E-state index is 0.0482. The molecule has 2 aromatic heterocycles. The highest BCUT2D eigenvalue weighted by molar-refractivity contribution is 5.72. The number of imidazole rings is 1. The van der Waals surface area contributed by atoms with Crippen LogP contribution < -0.4 is 11.4 Å². The van der Waals surface area contributed by atoms with E-state index in [9.17, 15) is 19.6 Å². The Morgan fingerprint density at radius 3 is 2.81 bits per heavy atom. The van der Waals surface area contributed by atoms with Crippen molar-refractivity contribution in [3.8, 4) is 6.07 Å². The molecular weight excluding hydrogens is 408 g/mol. The van der Waals surface area contributed by atoms with Gasteiger partial charge in [-0.1, -0.05) is 0 Å². The third-order valence-corrected chi connectivity index (χ3v) is 5.62. The van der Waals surface area contributed by atoms with Crippen LogP contribution in [-0.2, 0) is 30.3 Å². The summed E-state index contributed by atoms with van der Waals surface area (Å²) in [6.45, 7) is 1.43. The maximum absolute atomic E-state index is 13.4. The number of methoxy groups -OCH3 is 1. The van der Waals surface area contributed by atoms with Crippen LogP contribution >= 0.6 is 0 Å². The van der Waals surface area contributed by atoms with E-state index < -0.39 is 41.5 Å². The van der Waals surface area contributed by atoms with Crippen molar-refractivity contribution in [1.82, 2.24) is 19.1 Å². The zero-order chi connectivity index (χ0) is 22.3. The molecule has 0 spiro atoms. The molecule has 2 aromatic rings. The molecule has 0 radical (unpaired) electrons. The van der Waals surface area contributed by atoms with Crippen molar-refractivity contribution >= 4 is 29.1 Å². The van der Waals surface area contributed by atoms with Crippen LogP contribution in [0.5, 0.6) is 0 Å². The Hall–Kier alpha value is -3.46. The van der Waals surface area contributed by atoms with Crippen molar-refractivity contribution in [3.05, 3.63) is 16.7 Å². The molecule has 1 saturated carbocycles. The Morgan fingerprint density at radius 2 is 2.19 bits per heavy atom. The molecule has 164 valence electrons. The first-order chi connectivity index (χ1) is 14.8. The smallest absolute Gasteiger partial charge is 0.332 e. The second-order valence-corrected chi connectivity index (χ2v) is 7.88. The topological polar surface area (TPSA) is 164 Å². The van der Waals surface area contributed by atoms with Gasteiger partial charge in [-0.25, -0.2) is 14.3 Å². The fourth-order valence-corrected chi connectivity index (χ4v) is 3.88. The summed E-state index contributed by atoms with van der Waals surface area (Å²) in [5, 5.41) is 9.48. The van der Waals surface area contributed by atoms with Gasteiger partial charge in [0, 0.05) is 19.9 Å². The zero-order valence-electron chi connectivity index (χ0n) is 17.1. The SMILES string of the molecule is COC(=O)C[C@@H]1C[C@@H](OC(C)=O)[C@H](n2c(=O)n(CC3(C#N)CC3)c3cnc(N)nc32)O1. The summed E-state index contributed by atoms with van der Waals surface area (Å²) < 4.78 is 18.7. The highest BCUT2D eigenvalue weighted by Gasteiger charge is 2.46. The number of nitrogen functional groups attached to an aromatic ring is 1. The molecule has 0 bridgehead atoms. The van der Waals surface area contributed by atoms with Crippen LogP contribution in [0, 0.1) is 16.7 Å². The molecule has 0 unspecified atom stereocenters. The second-order valence-electron chi connectivity index (χ2n) is 7.88. The van der Waals surface area contributed by atoms with E-state index in [4.69, 9.17) is 19.9 Å². The van der Waals surface area contributed by atoms with Gasteiger partial charge in [-0.3, -0.25) is 14.2 Å². The number of anilines is 1. The lowest BCUT2D eigenvalue weighted by atomic mass is 10.1. The second kappa shape index (κ2) is 7.66. The van der Waals surface area contributed by atoms with Crippen molar-refractivity contribution in [2.75, 3.05) is 12.8 Å². The lowest BCUT2D eigenvalue weighted by molar-refractivity contribution is -0.153. The van der Waals surface area contributed by atoms with Crippen LogP contribution in [0.1, 0.15) is 38.8 Å². The van der Waals surface area contributed by atoms with E-state index >= 15 is 0 Å². The van der Waals surface area contributed by atoms with Crippen LogP contribution in [0.15, 0.2) is 11.0 Å². The van der Waals surface area contributed by atoms with Gasteiger partial charge in [-0.2, -0.15) is 10.2 Å². The Bertz CT molecular complexity index is 1140. The van der Waals surface area contributed by atoms with Gasteiger partial charge >= 0.3 is 17.6 Å². The van der Waals surface area contributed by atoms with Gasteiger partial charge in [0.15, 0.2) is 11.9 Å². The summed E-state index contributed by atoms with van der Waals surface area (Å²) >= 11 is 0. The monoisotopic (exact) mass is 430 g/mol. The van der Waals surface area contributed by atoms with E-state index in [-0.39, 0.29) is 31.0 Å². The predicted molar refractivity (Wildman–Crippen MR) is 104 cm³/mol. The molecule has 3 atom stereocenters. The van der Waals surface area contributed by atoms with Gasteiger partial charge in [0.2, 0.25) is 5.95 Å². The number of fused-ring (bicyclic) bond motifs is 1. The third kappa shape index (κ3) is 3.84. The standard InChI is InChI=1S/C19H22N6O6/c1-10(26)30-13-5-11(6-14(27)29-2)31-16(13)25-15-12(7-22-17(21)23-15)24(18(25)28)9-19(8-20)3-4-19/h7,11,13,16H,3-6,9H2,1-2H3,(H2,21,22,23)/t11-,13+,16+/m0/s1. The average Bonchev–Trinajstić information content (AvgIpc) is 3.34. The summed E-state index contributed by atoms with van der Waals surface area (Å²) in [6, 6.07) is 2.27. The first-order valence-electron chi connectivity index (χ1n) is 9.81. The zero-order valence-corrected chi connectivity index (χ0v) is 17.1. The highest BCUT2D eigenvalue weighted by atomic mass is 16.6. The van der Waals surface area contributed by atoms with Gasteiger partial charge < -0.3 is 19.9 Å². The molecule has 0 aromatic carbocycles. The number of nitriles is 1. The van der Waals surface area contributed by atoms with Gasteiger partial charge in [-0.15, -0.1) is 0 Å². The summed E-state index contributed by atoms with van der Waals surface area (Å²) in [4.78, 5) is 45.0. The Labute approximate surface area is 176 Å². The molecule has 1 aliphatic heterocycles. The molecule has 12 heteroatoms. The highest BCUT2D eigenvalue weighted by Crippen LogP contribution is 2.46. The van der Waals surface area contributed by atoms with Gasteiger partial charge in [0.05, 0.1) is 37.3 Å². The predicted octanol–water partition coefficient (Wildman–Crippen LogP) is 0.261. The van der Waals surface area contributed by atoms with Crippen LogP contribution in [-0.4, -0.2) is 50.4 Å². The molecule has 2 N–H and O–H groups in total. The Kier molecular flexibility index (Phi) is 5.14. The van der Waals surface area contributed by atoms with Crippen LogP contribution in [0.2, 0.25) is 0 Å². The minimum Gasteiger partial charge on any atom is -0.469 e. The summed E-state index contributed by atoms with van der Waals surface area (Å²) in [5.74, 6) is -1.09. The van der Waals surface area contributed by atoms with Crippen molar-refractivity contribution in [3.63, 3.8) is 0 Å². The van der Waals surface area contributed by atoms with Crippen molar-refractivity contribution < 1.29 is 23.8 Å². The number of hydrogen-bond acceptors (Lipinski definition) is 10. The number of nitrogens with zero attached hydrogens (tertiary/aromatic N) is 5. The molecule has 2 fully saturated rings. The molecule has 3 heterocycles. The minimum atomic E-state index is -1.03. The molecule has 1 aliphatic carbocycles. The molecule has 1 saturated heterocycles. The van der Waals surface area contributed by atoms with Gasteiger partial charge in [-0.05, 0) is 12.8 Å². The number of ether oxygens (including phenoxy) is 3. The maximum atomic E-state index is 13.4. The Balaban J connectivity index is 1.79. The van der Waals surface area contributed by atoms with E-state index in [1.165, 1.54) is 29.4 Å². The Morgan fingerprint density at radius 1 is 1.45 bits per heavy atom. The van der Waals surface area contributed by atoms with Crippen molar-refractivity contribution in [2.24, 2.45) is 5.41 Å². The van der Waals surface area contributed by atoms with Crippen molar-refractivity contribution in [1.29, 1.82) is 5.26 Å². The number of esters is 2. The summed E-state index contributed by atoms with van der Waals surface area (Å²) in [5.41, 5.74) is 5.25. The first kappa shape index (κ1) is 20.8. The fourth-order valence-electron chi connectivity index (χ4n) is 3.88. The van der Waals surface area contributed by atoms with E-state index in [2.05, 4.69) is 16.0 Å². The number of aromatic nitrogens is 4. The average molecular weight is 430 g/mol. The number of carbonyl (C=O) groups is 2. The number of hydrogen-bond donors (Lipinski definition) is 1. The van der Waals surface area contributed by atoms with E-state index in [1.54, 1.807) is 0 Å². The van der Waals surface area contributed by atoms with Crippen LogP contribution in [0.3, 0.4) is 0 Å². The van der Waals surface area contributed by atoms with E-state index in [0.29, 0.717) is 18.4 Å². The normalized spacial score (nSPS) is 24.0. The molecule has 0 amide bonds. The molecule has 2 aliphatic rings. The molecule has 12 nitrogen and oxygen atoms in total. The fraction of sp³-hybridized carbons (Fsp3) is 0.579. The maximum Gasteiger partial charge on any atom is 0.332 e. The summed E-state index contributed by atoms with van der Waals surface area (Å²) in [6.07, 6.45) is 0.455. The van der Waals surface area contributed by atoms with Gasteiger partial charge in [0.1, 0.15) is 11.6 Å². The van der Waals surface area contributed by atoms with E-state index in [0.717, 1.165) is 0 Å². The van der Waals surface area contributed by atoms with Crippen molar-refractivity contribution in [2.45, 2.75) is 57.6 Å². The van der Waals surface area contributed by atoms with E-state index in [1.807, 2.05) is 0 Å². The third-order valence-electron chi connectivity index (χ3n) is 5.62. The number of rotatable bonds is 6. The molecule has 31 heavy (non-hydrogen) atoms. The first-order valence-corrected chi connectivity index (χ1v) is 9.81. The summed E-state index contributed by atoms with van der Waals surface area (Å²) in [7, 11) is 1.26. The number of nitrogens with two attached hydrogens (primary N) is 1. The lowest BCUT2D eigenvalue weighted by Gasteiger charge is -2.19. The quantitative estimate of drug-likeness (QED) is 0.628.